The molecule has 1 saturated heterocycles. The number of carbonyl (C=O) groups excluding carboxylic acids is 1. The summed E-state index contributed by atoms with van der Waals surface area (Å²) in [7, 11) is 1.61. The summed E-state index contributed by atoms with van der Waals surface area (Å²) in [4.78, 5) is 13.6. The number of cyclic esters (lactones) is 1. The summed E-state index contributed by atoms with van der Waals surface area (Å²) >= 11 is 0. The van der Waals surface area contributed by atoms with E-state index in [4.69, 9.17) is 9.47 Å². The van der Waals surface area contributed by atoms with Crippen LogP contribution in [-0.2, 0) is 15.9 Å². The molecule has 1 heterocycles. The van der Waals surface area contributed by atoms with Gasteiger partial charge in [0.05, 0.1) is 19.3 Å². The number of aliphatic hydroxyl groups is 1. The van der Waals surface area contributed by atoms with Gasteiger partial charge in [-0.3, -0.25) is 4.90 Å². The van der Waals surface area contributed by atoms with Gasteiger partial charge in [-0.1, -0.05) is 31.4 Å². The topological polar surface area (TPSA) is 59.0 Å². The van der Waals surface area contributed by atoms with E-state index in [1.807, 2.05) is 12.1 Å². The Balaban J connectivity index is 1.45. The maximum absolute atomic E-state index is 12.0. The Kier molecular flexibility index (Phi) is 6.92. The number of ether oxygens (including phenoxy) is 2. The highest BCUT2D eigenvalue weighted by molar-refractivity contribution is 5.89. The fourth-order valence-electron chi connectivity index (χ4n) is 4.12. The van der Waals surface area contributed by atoms with Crippen LogP contribution < -0.4 is 4.90 Å². The third-order valence-corrected chi connectivity index (χ3v) is 5.63. The molecule has 0 spiro atoms. The van der Waals surface area contributed by atoms with Gasteiger partial charge in [0, 0.05) is 12.8 Å². The second kappa shape index (κ2) is 9.38. The number of amides is 1. The van der Waals surface area contributed by atoms with E-state index >= 15 is 0 Å². The Morgan fingerprint density at radius 1 is 1.23 bits per heavy atom. The number of aryl methyl sites for hydroxylation is 1. The summed E-state index contributed by atoms with van der Waals surface area (Å²) < 4.78 is 10.3. The number of aliphatic hydroxyl groups excluding tert-OH is 1. The predicted octanol–water partition coefficient (Wildman–Crippen LogP) is 3.92. The average molecular weight is 361 g/mol. The Hall–Kier alpha value is -1.59. The molecule has 2 aliphatic rings. The van der Waals surface area contributed by atoms with E-state index < -0.39 is 0 Å². The van der Waals surface area contributed by atoms with Crippen molar-refractivity contribution in [1.29, 1.82) is 0 Å². The summed E-state index contributed by atoms with van der Waals surface area (Å²) in [5.74, 6) is 0.507. The molecule has 1 aliphatic heterocycles. The van der Waals surface area contributed by atoms with Crippen LogP contribution in [-0.4, -0.2) is 43.7 Å². The van der Waals surface area contributed by atoms with Gasteiger partial charge in [0.1, 0.15) is 6.10 Å². The SMILES string of the molecule is COC[C@H]1CN(c2ccc(CCCC(O)C3CCCCC3)cc2)C(=O)O1. The van der Waals surface area contributed by atoms with E-state index in [0.29, 0.717) is 19.1 Å². The van der Waals surface area contributed by atoms with Gasteiger partial charge >= 0.3 is 6.09 Å². The molecule has 1 N–H and O–H groups in total. The summed E-state index contributed by atoms with van der Waals surface area (Å²) in [6, 6.07) is 8.09. The highest BCUT2D eigenvalue weighted by Crippen LogP contribution is 2.28. The van der Waals surface area contributed by atoms with E-state index in [1.54, 1.807) is 12.0 Å². The summed E-state index contributed by atoms with van der Waals surface area (Å²) in [6.45, 7) is 0.948. The Labute approximate surface area is 156 Å². The van der Waals surface area contributed by atoms with Crippen molar-refractivity contribution in [2.75, 3.05) is 25.2 Å². The van der Waals surface area contributed by atoms with Crippen molar-refractivity contribution in [3.8, 4) is 0 Å². The minimum atomic E-state index is -0.310. The van der Waals surface area contributed by atoms with Crippen LogP contribution in [0.5, 0.6) is 0 Å². The monoisotopic (exact) mass is 361 g/mol. The number of methoxy groups -OCH3 is 1. The second-order valence-electron chi connectivity index (χ2n) is 7.60. The largest absolute Gasteiger partial charge is 0.441 e. The molecular weight excluding hydrogens is 330 g/mol. The molecule has 1 aromatic carbocycles. The smallest absolute Gasteiger partial charge is 0.414 e. The molecule has 1 aromatic rings. The molecule has 3 rings (SSSR count). The molecular formula is C21H31NO4. The molecule has 1 unspecified atom stereocenters. The second-order valence-corrected chi connectivity index (χ2v) is 7.60. The molecule has 2 atom stereocenters. The van der Waals surface area contributed by atoms with Gasteiger partial charge in [-0.05, 0) is 55.7 Å². The third-order valence-electron chi connectivity index (χ3n) is 5.63. The fraction of sp³-hybridized carbons (Fsp3) is 0.667. The average Bonchev–Trinajstić information content (AvgIpc) is 3.03. The van der Waals surface area contributed by atoms with Crippen LogP contribution in [0.3, 0.4) is 0 Å². The molecule has 1 saturated carbocycles. The van der Waals surface area contributed by atoms with E-state index in [0.717, 1.165) is 24.9 Å². The molecule has 0 aromatic heterocycles. The van der Waals surface area contributed by atoms with Crippen molar-refractivity contribution in [2.45, 2.75) is 63.6 Å². The number of hydrogen-bond acceptors (Lipinski definition) is 4. The van der Waals surface area contributed by atoms with Crippen LogP contribution in [0.25, 0.3) is 0 Å². The molecule has 1 aliphatic carbocycles. The molecule has 0 bridgehead atoms. The van der Waals surface area contributed by atoms with Crippen molar-refractivity contribution in [2.24, 2.45) is 5.92 Å². The molecule has 2 fully saturated rings. The minimum absolute atomic E-state index is 0.147. The Bertz CT molecular complexity index is 568. The van der Waals surface area contributed by atoms with Gasteiger partial charge in [0.15, 0.2) is 0 Å². The first-order valence-electron chi connectivity index (χ1n) is 9.91. The Morgan fingerprint density at radius 2 is 1.96 bits per heavy atom. The summed E-state index contributed by atoms with van der Waals surface area (Å²) in [5.41, 5.74) is 2.10. The Morgan fingerprint density at radius 3 is 2.65 bits per heavy atom. The summed E-state index contributed by atoms with van der Waals surface area (Å²) in [6.07, 6.45) is 8.42. The highest BCUT2D eigenvalue weighted by Gasteiger charge is 2.32. The molecule has 5 heteroatoms. The quantitative estimate of drug-likeness (QED) is 0.762. The first-order valence-corrected chi connectivity index (χ1v) is 9.91. The number of anilines is 1. The first-order chi connectivity index (χ1) is 12.7. The van der Waals surface area contributed by atoms with Crippen LogP contribution in [0.1, 0.15) is 50.5 Å². The fourth-order valence-corrected chi connectivity index (χ4v) is 4.12. The molecule has 5 nitrogen and oxygen atoms in total. The van der Waals surface area contributed by atoms with E-state index in [1.165, 1.54) is 37.7 Å². The lowest BCUT2D eigenvalue weighted by Gasteiger charge is -2.26. The molecule has 1 amide bonds. The van der Waals surface area contributed by atoms with Crippen LogP contribution in [0.2, 0.25) is 0 Å². The van der Waals surface area contributed by atoms with Crippen molar-refractivity contribution in [3.05, 3.63) is 29.8 Å². The molecule has 0 radical (unpaired) electrons. The van der Waals surface area contributed by atoms with Gasteiger partial charge in [-0.25, -0.2) is 4.79 Å². The van der Waals surface area contributed by atoms with Crippen LogP contribution in [0.15, 0.2) is 24.3 Å². The number of benzene rings is 1. The number of hydrogen-bond donors (Lipinski definition) is 1. The van der Waals surface area contributed by atoms with E-state index in [-0.39, 0.29) is 18.3 Å². The number of nitrogens with zero attached hydrogens (tertiary/aromatic N) is 1. The standard InChI is InChI=1S/C21H31NO4/c1-25-15-19-14-22(21(24)26-19)18-12-10-16(11-13-18)6-5-9-20(23)17-7-3-2-4-8-17/h10-13,17,19-20,23H,2-9,14-15H2,1H3/t19-,20?/m1/s1. The first kappa shape index (κ1) is 19.2. The zero-order valence-electron chi connectivity index (χ0n) is 15.7. The third kappa shape index (κ3) is 4.98. The van der Waals surface area contributed by atoms with E-state index in [2.05, 4.69) is 12.1 Å². The van der Waals surface area contributed by atoms with Crippen LogP contribution in [0, 0.1) is 5.92 Å². The molecule has 26 heavy (non-hydrogen) atoms. The van der Waals surface area contributed by atoms with Crippen molar-refractivity contribution >= 4 is 11.8 Å². The summed E-state index contributed by atoms with van der Waals surface area (Å²) in [5, 5.41) is 10.4. The number of rotatable bonds is 8. The number of carbonyl (C=O) groups is 1. The maximum Gasteiger partial charge on any atom is 0.414 e. The highest BCUT2D eigenvalue weighted by atomic mass is 16.6. The van der Waals surface area contributed by atoms with Crippen molar-refractivity contribution < 1.29 is 19.4 Å². The molecule has 144 valence electrons. The van der Waals surface area contributed by atoms with Gasteiger partial charge < -0.3 is 14.6 Å². The lowest BCUT2D eigenvalue weighted by atomic mass is 9.83. The van der Waals surface area contributed by atoms with Crippen molar-refractivity contribution in [1.82, 2.24) is 0 Å². The predicted molar refractivity (Wildman–Crippen MR) is 101 cm³/mol. The van der Waals surface area contributed by atoms with Gasteiger partial charge in [0.25, 0.3) is 0 Å². The van der Waals surface area contributed by atoms with Crippen LogP contribution in [0.4, 0.5) is 10.5 Å². The lowest BCUT2D eigenvalue weighted by Crippen LogP contribution is -2.25. The van der Waals surface area contributed by atoms with Gasteiger partial charge in [0.2, 0.25) is 0 Å². The van der Waals surface area contributed by atoms with Gasteiger partial charge in [-0.2, -0.15) is 0 Å². The van der Waals surface area contributed by atoms with Crippen molar-refractivity contribution in [3.63, 3.8) is 0 Å². The zero-order chi connectivity index (χ0) is 18.4. The van der Waals surface area contributed by atoms with E-state index in [9.17, 15) is 9.90 Å². The normalized spacial score (nSPS) is 22.5. The minimum Gasteiger partial charge on any atom is -0.441 e. The maximum atomic E-state index is 12.0. The zero-order valence-corrected chi connectivity index (χ0v) is 15.7. The lowest BCUT2D eigenvalue weighted by molar-refractivity contribution is 0.0718. The van der Waals surface area contributed by atoms with Crippen LogP contribution >= 0.6 is 0 Å². The van der Waals surface area contributed by atoms with Gasteiger partial charge in [-0.15, -0.1) is 0 Å².